The van der Waals surface area contributed by atoms with Crippen LogP contribution in [0.25, 0.3) is 0 Å². The zero-order valence-electron chi connectivity index (χ0n) is 10.5. The zero-order valence-corrected chi connectivity index (χ0v) is 10.5. The van der Waals surface area contributed by atoms with Crippen LogP contribution in [0.2, 0.25) is 0 Å². The van der Waals surface area contributed by atoms with Gasteiger partial charge in [-0.3, -0.25) is 4.79 Å². The van der Waals surface area contributed by atoms with Gasteiger partial charge < -0.3 is 14.7 Å². The summed E-state index contributed by atoms with van der Waals surface area (Å²) < 4.78 is 5.30. The number of fused-ring (bicyclic) bond motifs is 2. The second-order valence-corrected chi connectivity index (χ2v) is 5.90. The van der Waals surface area contributed by atoms with Gasteiger partial charge in [-0.1, -0.05) is 0 Å². The molecular formula is C12H19NO4. The van der Waals surface area contributed by atoms with E-state index in [2.05, 4.69) is 0 Å². The number of ether oxygens (including phenoxy) is 1. The minimum atomic E-state index is -0.788. The van der Waals surface area contributed by atoms with E-state index in [0.717, 1.165) is 12.8 Å². The number of hydrogen-bond donors (Lipinski definition) is 1. The quantitative estimate of drug-likeness (QED) is 0.759. The Balaban J connectivity index is 2.06. The average molecular weight is 241 g/mol. The zero-order chi connectivity index (χ0) is 12.8. The molecule has 2 fully saturated rings. The van der Waals surface area contributed by atoms with Crippen LogP contribution in [0.5, 0.6) is 0 Å². The molecule has 2 bridgehead atoms. The summed E-state index contributed by atoms with van der Waals surface area (Å²) in [5.41, 5.74) is -0.530. The Morgan fingerprint density at radius 1 is 1.29 bits per heavy atom. The lowest BCUT2D eigenvalue weighted by Crippen LogP contribution is -2.42. The summed E-state index contributed by atoms with van der Waals surface area (Å²) in [5.74, 6) is -1.09. The summed E-state index contributed by atoms with van der Waals surface area (Å²) in [5, 5.41) is 9.15. The summed E-state index contributed by atoms with van der Waals surface area (Å²) >= 11 is 0. The van der Waals surface area contributed by atoms with Crippen molar-refractivity contribution in [2.24, 2.45) is 11.8 Å². The molecule has 5 heteroatoms. The molecule has 0 radical (unpaired) electrons. The van der Waals surface area contributed by atoms with Crippen LogP contribution < -0.4 is 0 Å². The lowest BCUT2D eigenvalue weighted by Gasteiger charge is -2.30. The van der Waals surface area contributed by atoms with Crippen LogP contribution in [0, 0.1) is 11.8 Å². The van der Waals surface area contributed by atoms with Gasteiger partial charge in [0.25, 0.3) is 0 Å². The fraction of sp³-hybridized carbons (Fsp3) is 0.833. The van der Waals surface area contributed by atoms with Crippen LogP contribution >= 0.6 is 0 Å². The smallest absolute Gasteiger partial charge is 0.410 e. The van der Waals surface area contributed by atoms with Crippen molar-refractivity contribution >= 4 is 12.1 Å². The van der Waals surface area contributed by atoms with Gasteiger partial charge in [-0.25, -0.2) is 4.79 Å². The van der Waals surface area contributed by atoms with E-state index in [0.29, 0.717) is 6.54 Å². The maximum Gasteiger partial charge on any atom is 0.410 e. The van der Waals surface area contributed by atoms with Crippen molar-refractivity contribution in [1.29, 1.82) is 0 Å². The molecule has 96 valence electrons. The number of piperidine rings is 1. The van der Waals surface area contributed by atoms with Crippen molar-refractivity contribution in [3.05, 3.63) is 0 Å². The number of carbonyl (C=O) groups excluding carboxylic acids is 1. The fourth-order valence-corrected chi connectivity index (χ4v) is 2.90. The van der Waals surface area contributed by atoms with Gasteiger partial charge in [0.1, 0.15) is 5.60 Å². The van der Waals surface area contributed by atoms with E-state index in [1.54, 1.807) is 4.90 Å². The molecule has 1 saturated carbocycles. The van der Waals surface area contributed by atoms with Crippen LogP contribution in [0.3, 0.4) is 0 Å². The fourth-order valence-electron chi connectivity index (χ4n) is 2.90. The lowest BCUT2D eigenvalue weighted by atomic mass is 9.99. The van der Waals surface area contributed by atoms with E-state index in [-0.39, 0.29) is 18.1 Å². The third-order valence-electron chi connectivity index (χ3n) is 3.50. The van der Waals surface area contributed by atoms with Gasteiger partial charge in [0.2, 0.25) is 0 Å². The number of hydrogen-bond acceptors (Lipinski definition) is 3. The highest BCUT2D eigenvalue weighted by Crippen LogP contribution is 2.43. The molecule has 1 saturated heterocycles. The van der Waals surface area contributed by atoms with Crippen molar-refractivity contribution in [1.82, 2.24) is 4.90 Å². The molecule has 1 aliphatic heterocycles. The van der Waals surface area contributed by atoms with Crippen LogP contribution in [0.15, 0.2) is 0 Å². The van der Waals surface area contributed by atoms with E-state index < -0.39 is 17.5 Å². The topological polar surface area (TPSA) is 66.8 Å². The molecule has 5 nitrogen and oxygen atoms in total. The Morgan fingerprint density at radius 3 is 2.41 bits per heavy atom. The summed E-state index contributed by atoms with van der Waals surface area (Å²) in [4.78, 5) is 24.7. The number of likely N-dealkylation sites (tertiary alicyclic amines) is 1. The maximum absolute atomic E-state index is 11.9. The van der Waals surface area contributed by atoms with Gasteiger partial charge in [-0.2, -0.15) is 0 Å². The second-order valence-electron chi connectivity index (χ2n) is 5.90. The second kappa shape index (κ2) is 3.89. The molecule has 1 aliphatic carbocycles. The number of carboxylic acid groups (broad SMARTS) is 1. The number of carboxylic acids is 1. The molecule has 0 spiro atoms. The summed E-state index contributed by atoms with van der Waals surface area (Å²) in [6, 6.07) is -0.174. The van der Waals surface area contributed by atoms with Crippen molar-refractivity contribution in [2.75, 3.05) is 6.54 Å². The molecule has 0 aromatic heterocycles. The molecule has 2 rings (SSSR count). The van der Waals surface area contributed by atoms with Crippen LogP contribution in [-0.4, -0.2) is 40.3 Å². The van der Waals surface area contributed by atoms with E-state index >= 15 is 0 Å². The molecule has 1 heterocycles. The first-order chi connectivity index (χ1) is 7.79. The molecule has 1 amide bonds. The Labute approximate surface area is 101 Å². The number of rotatable bonds is 1. The summed E-state index contributed by atoms with van der Waals surface area (Å²) in [7, 11) is 0. The Bertz CT molecular complexity index is 347. The predicted octanol–water partition coefficient (Wildman–Crippen LogP) is 1.72. The Morgan fingerprint density at radius 2 is 1.94 bits per heavy atom. The molecule has 3 atom stereocenters. The third kappa shape index (κ3) is 2.23. The molecule has 1 N–H and O–H groups in total. The Kier molecular flexibility index (Phi) is 2.79. The average Bonchev–Trinajstić information content (AvgIpc) is 2.70. The first kappa shape index (κ1) is 12.2. The van der Waals surface area contributed by atoms with Crippen molar-refractivity contribution in [3.63, 3.8) is 0 Å². The van der Waals surface area contributed by atoms with E-state index in [1.165, 1.54) is 0 Å². The first-order valence-corrected chi connectivity index (χ1v) is 6.02. The monoisotopic (exact) mass is 241 g/mol. The largest absolute Gasteiger partial charge is 0.481 e. The predicted molar refractivity (Wildman–Crippen MR) is 60.6 cm³/mol. The van der Waals surface area contributed by atoms with E-state index in [4.69, 9.17) is 9.84 Å². The highest BCUT2D eigenvalue weighted by Gasteiger charge is 2.53. The maximum atomic E-state index is 11.9. The number of nitrogens with zero attached hydrogens (tertiary/aromatic N) is 1. The minimum absolute atomic E-state index is 0.102. The molecule has 0 aromatic rings. The van der Waals surface area contributed by atoms with Gasteiger partial charge >= 0.3 is 12.1 Å². The highest BCUT2D eigenvalue weighted by molar-refractivity contribution is 5.76. The Hall–Kier alpha value is -1.26. The van der Waals surface area contributed by atoms with Gasteiger partial charge in [-0.15, -0.1) is 0 Å². The summed E-state index contributed by atoms with van der Waals surface area (Å²) in [6.45, 7) is 5.96. The van der Waals surface area contributed by atoms with Crippen LogP contribution in [0.4, 0.5) is 4.79 Å². The molecule has 2 aliphatic rings. The van der Waals surface area contributed by atoms with Crippen LogP contribution in [0.1, 0.15) is 33.6 Å². The molecule has 3 unspecified atom stereocenters. The normalized spacial score (nSPS) is 31.7. The van der Waals surface area contributed by atoms with Gasteiger partial charge in [0.05, 0.1) is 5.92 Å². The number of aliphatic carboxylic acids is 1. The van der Waals surface area contributed by atoms with E-state index in [1.807, 2.05) is 20.8 Å². The first-order valence-electron chi connectivity index (χ1n) is 6.02. The SMILES string of the molecule is CC(C)(C)OC(=O)N1CC2CCC1C2C(=O)O. The third-order valence-corrected chi connectivity index (χ3v) is 3.50. The van der Waals surface area contributed by atoms with Crippen LogP contribution in [-0.2, 0) is 9.53 Å². The number of carbonyl (C=O) groups is 2. The van der Waals surface area contributed by atoms with E-state index in [9.17, 15) is 9.59 Å². The van der Waals surface area contributed by atoms with Gasteiger partial charge in [0.15, 0.2) is 0 Å². The molecule has 0 aromatic carbocycles. The standard InChI is InChI=1S/C12H19NO4/c1-12(2,3)17-11(16)13-6-7-4-5-8(13)9(7)10(14)15/h7-9H,4-6H2,1-3H3,(H,14,15). The number of amides is 1. The summed E-state index contributed by atoms with van der Waals surface area (Å²) in [6.07, 6.45) is 1.30. The van der Waals surface area contributed by atoms with Crippen molar-refractivity contribution in [2.45, 2.75) is 45.3 Å². The van der Waals surface area contributed by atoms with Crippen molar-refractivity contribution < 1.29 is 19.4 Å². The minimum Gasteiger partial charge on any atom is -0.481 e. The van der Waals surface area contributed by atoms with Gasteiger partial charge in [-0.05, 0) is 39.5 Å². The molecule has 17 heavy (non-hydrogen) atoms. The highest BCUT2D eigenvalue weighted by atomic mass is 16.6. The molecular weight excluding hydrogens is 222 g/mol. The lowest BCUT2D eigenvalue weighted by molar-refractivity contribution is -0.142. The van der Waals surface area contributed by atoms with Crippen molar-refractivity contribution in [3.8, 4) is 0 Å². The van der Waals surface area contributed by atoms with Gasteiger partial charge in [0, 0.05) is 12.6 Å².